The summed E-state index contributed by atoms with van der Waals surface area (Å²) in [6.07, 6.45) is 3.32. The number of rotatable bonds is 9. The summed E-state index contributed by atoms with van der Waals surface area (Å²) in [7, 11) is 1.73. The van der Waals surface area contributed by atoms with Crippen molar-refractivity contribution in [1.29, 1.82) is 0 Å². The number of nitrogens with one attached hydrogen (secondary N) is 2. The second-order valence-corrected chi connectivity index (χ2v) is 5.75. The average molecular weight is 346 g/mol. The van der Waals surface area contributed by atoms with Crippen molar-refractivity contribution in [2.75, 3.05) is 26.8 Å². The van der Waals surface area contributed by atoms with Crippen molar-refractivity contribution in [1.82, 2.24) is 10.6 Å². The lowest BCUT2D eigenvalue weighted by atomic mass is 10.2. The van der Waals surface area contributed by atoms with Crippen molar-refractivity contribution in [2.24, 2.45) is 4.99 Å². The number of hydrogen-bond donors (Lipinski definition) is 2. The van der Waals surface area contributed by atoms with Gasteiger partial charge in [-0.15, -0.1) is 0 Å². The summed E-state index contributed by atoms with van der Waals surface area (Å²) in [6.45, 7) is 5.11. The third-order valence-electron chi connectivity index (χ3n) is 3.08. The summed E-state index contributed by atoms with van der Waals surface area (Å²) in [5.41, 5.74) is 0.961. The summed E-state index contributed by atoms with van der Waals surface area (Å²) in [5, 5.41) is 7.84. The lowest BCUT2D eigenvalue weighted by Crippen LogP contribution is -2.37. The van der Waals surface area contributed by atoms with Crippen molar-refractivity contribution in [3.8, 4) is 0 Å². The van der Waals surface area contributed by atoms with Crippen LogP contribution in [0.5, 0.6) is 0 Å². The Kier molecular flexibility index (Phi) is 10.0. The van der Waals surface area contributed by atoms with E-state index in [9.17, 15) is 0 Å². The van der Waals surface area contributed by atoms with Crippen molar-refractivity contribution in [3.63, 3.8) is 0 Å². The summed E-state index contributed by atoms with van der Waals surface area (Å²) in [6, 6.07) is 5.47. The Balaban J connectivity index is 2.44. The zero-order chi connectivity index (χ0) is 16.2. The molecule has 124 valence electrons. The molecule has 1 aromatic carbocycles. The molecule has 4 nitrogen and oxygen atoms in total. The number of aliphatic imine (C=N–C) groups is 1. The molecule has 0 aliphatic rings. The molecule has 6 heteroatoms. The SMILES string of the molecule is CCNC(=NCc1ccc(Cl)cc1Cl)NCCCCCOC. The Morgan fingerprint density at radius 2 is 2.00 bits per heavy atom. The van der Waals surface area contributed by atoms with Crippen LogP contribution in [0.2, 0.25) is 10.0 Å². The van der Waals surface area contributed by atoms with Gasteiger partial charge in [-0.1, -0.05) is 29.3 Å². The molecule has 0 saturated carbocycles. The molecule has 0 aliphatic heterocycles. The Bertz CT molecular complexity index is 467. The van der Waals surface area contributed by atoms with Gasteiger partial charge < -0.3 is 15.4 Å². The van der Waals surface area contributed by atoms with Gasteiger partial charge >= 0.3 is 0 Å². The van der Waals surface area contributed by atoms with E-state index in [4.69, 9.17) is 27.9 Å². The number of guanidine groups is 1. The predicted octanol–water partition coefficient (Wildman–Crippen LogP) is 3.87. The first-order valence-electron chi connectivity index (χ1n) is 7.62. The van der Waals surface area contributed by atoms with Crippen LogP contribution >= 0.6 is 23.2 Å². The number of methoxy groups -OCH3 is 1. The highest BCUT2D eigenvalue weighted by atomic mass is 35.5. The Morgan fingerprint density at radius 3 is 2.68 bits per heavy atom. The van der Waals surface area contributed by atoms with Crippen molar-refractivity contribution in [2.45, 2.75) is 32.7 Å². The van der Waals surface area contributed by atoms with E-state index in [-0.39, 0.29) is 0 Å². The lowest BCUT2D eigenvalue weighted by Gasteiger charge is -2.11. The Hall–Kier alpha value is -0.970. The van der Waals surface area contributed by atoms with E-state index in [0.717, 1.165) is 50.5 Å². The minimum atomic E-state index is 0.523. The van der Waals surface area contributed by atoms with Crippen LogP contribution in [0.1, 0.15) is 31.7 Å². The standard InChI is InChI=1S/C16H25Cl2N3O/c1-3-19-16(20-9-5-4-6-10-22-2)21-12-13-7-8-14(17)11-15(13)18/h7-8,11H,3-6,9-10,12H2,1-2H3,(H2,19,20,21). The summed E-state index contributed by atoms with van der Waals surface area (Å²) in [5.74, 6) is 0.806. The molecule has 1 aromatic rings. The van der Waals surface area contributed by atoms with E-state index in [1.807, 2.05) is 19.1 Å². The largest absolute Gasteiger partial charge is 0.385 e. The molecule has 0 amide bonds. The molecule has 0 spiro atoms. The number of unbranched alkanes of at least 4 members (excludes halogenated alkanes) is 2. The van der Waals surface area contributed by atoms with E-state index >= 15 is 0 Å². The monoisotopic (exact) mass is 345 g/mol. The first-order valence-corrected chi connectivity index (χ1v) is 8.38. The van der Waals surface area contributed by atoms with Gasteiger partial charge in [0.1, 0.15) is 0 Å². The second-order valence-electron chi connectivity index (χ2n) is 4.91. The van der Waals surface area contributed by atoms with Gasteiger partial charge in [-0.2, -0.15) is 0 Å². The zero-order valence-electron chi connectivity index (χ0n) is 13.3. The first kappa shape index (κ1) is 19.1. The van der Waals surface area contributed by atoms with Crippen LogP contribution in [0, 0.1) is 0 Å². The Morgan fingerprint density at radius 1 is 1.18 bits per heavy atom. The van der Waals surface area contributed by atoms with E-state index in [1.165, 1.54) is 0 Å². The van der Waals surface area contributed by atoms with Gasteiger partial charge in [-0.3, -0.25) is 0 Å². The highest BCUT2D eigenvalue weighted by Gasteiger charge is 2.02. The molecule has 0 aliphatic carbocycles. The van der Waals surface area contributed by atoms with Crippen LogP contribution in [0.3, 0.4) is 0 Å². The van der Waals surface area contributed by atoms with Gasteiger partial charge in [0.25, 0.3) is 0 Å². The van der Waals surface area contributed by atoms with Crippen LogP contribution in [0.4, 0.5) is 0 Å². The molecule has 0 heterocycles. The maximum absolute atomic E-state index is 6.16. The molecule has 0 saturated heterocycles. The first-order chi connectivity index (χ1) is 10.7. The molecule has 0 fully saturated rings. The highest BCUT2D eigenvalue weighted by Crippen LogP contribution is 2.21. The van der Waals surface area contributed by atoms with E-state index < -0.39 is 0 Å². The van der Waals surface area contributed by atoms with Crippen molar-refractivity contribution < 1.29 is 4.74 Å². The van der Waals surface area contributed by atoms with Crippen molar-refractivity contribution >= 4 is 29.2 Å². The van der Waals surface area contributed by atoms with Crippen LogP contribution in [-0.2, 0) is 11.3 Å². The van der Waals surface area contributed by atoms with Gasteiger partial charge in [0.05, 0.1) is 6.54 Å². The molecule has 1 rings (SSSR count). The minimum absolute atomic E-state index is 0.523. The topological polar surface area (TPSA) is 45.7 Å². The van der Waals surface area contributed by atoms with Gasteiger partial charge in [0, 0.05) is 36.9 Å². The fraction of sp³-hybridized carbons (Fsp3) is 0.562. The molecule has 0 bridgehead atoms. The third kappa shape index (κ3) is 7.87. The van der Waals surface area contributed by atoms with Crippen LogP contribution in [0.25, 0.3) is 0 Å². The maximum Gasteiger partial charge on any atom is 0.191 e. The average Bonchev–Trinajstić information content (AvgIpc) is 2.49. The molecule has 2 N–H and O–H groups in total. The molecular weight excluding hydrogens is 321 g/mol. The van der Waals surface area contributed by atoms with E-state index in [0.29, 0.717) is 16.6 Å². The van der Waals surface area contributed by atoms with Gasteiger partial charge in [-0.05, 0) is 43.9 Å². The van der Waals surface area contributed by atoms with Crippen molar-refractivity contribution in [3.05, 3.63) is 33.8 Å². The number of nitrogens with zero attached hydrogens (tertiary/aromatic N) is 1. The molecule has 0 atom stereocenters. The summed E-state index contributed by atoms with van der Waals surface area (Å²) in [4.78, 5) is 4.55. The third-order valence-corrected chi connectivity index (χ3v) is 3.67. The van der Waals surface area contributed by atoms with Crippen LogP contribution < -0.4 is 10.6 Å². The molecule has 0 unspecified atom stereocenters. The summed E-state index contributed by atoms with van der Waals surface area (Å²) >= 11 is 12.1. The Labute approximate surface area is 143 Å². The summed E-state index contributed by atoms with van der Waals surface area (Å²) < 4.78 is 5.04. The van der Waals surface area contributed by atoms with Gasteiger partial charge in [-0.25, -0.2) is 4.99 Å². The number of ether oxygens (including phenoxy) is 1. The van der Waals surface area contributed by atoms with Crippen LogP contribution in [-0.4, -0.2) is 32.8 Å². The molecule has 22 heavy (non-hydrogen) atoms. The van der Waals surface area contributed by atoms with Crippen LogP contribution in [0.15, 0.2) is 23.2 Å². The molecule has 0 radical (unpaired) electrons. The fourth-order valence-electron chi connectivity index (χ4n) is 1.91. The minimum Gasteiger partial charge on any atom is -0.385 e. The quantitative estimate of drug-likeness (QED) is 0.405. The normalized spacial score (nSPS) is 11.5. The van der Waals surface area contributed by atoms with Gasteiger partial charge in [0.2, 0.25) is 0 Å². The number of halogens is 2. The smallest absolute Gasteiger partial charge is 0.191 e. The molecule has 0 aromatic heterocycles. The van der Waals surface area contributed by atoms with E-state index in [1.54, 1.807) is 13.2 Å². The zero-order valence-corrected chi connectivity index (χ0v) is 14.8. The molecular formula is C16H25Cl2N3O. The van der Waals surface area contributed by atoms with Gasteiger partial charge in [0.15, 0.2) is 5.96 Å². The lowest BCUT2D eigenvalue weighted by molar-refractivity contribution is 0.192. The number of benzene rings is 1. The fourth-order valence-corrected chi connectivity index (χ4v) is 2.38. The second kappa shape index (κ2) is 11.6. The maximum atomic E-state index is 6.16. The van der Waals surface area contributed by atoms with E-state index in [2.05, 4.69) is 15.6 Å². The predicted molar refractivity (Wildman–Crippen MR) is 95.0 cm³/mol. The number of hydrogen-bond acceptors (Lipinski definition) is 2. The highest BCUT2D eigenvalue weighted by molar-refractivity contribution is 6.35.